The number of amides is 1. The van der Waals surface area contributed by atoms with E-state index in [1.54, 1.807) is 6.08 Å². The van der Waals surface area contributed by atoms with E-state index in [1.165, 1.54) is 5.56 Å². The Balaban J connectivity index is 1.44. The molecule has 0 unspecified atom stereocenters. The standard InChI is InChI=1S/C51H62N2O7/c1-6-25-53(50(56)39-21-20-36-15-9-10-16-37(36)30-39)47-33-45(52-58-8-3)43-31-38(17-11-13-26-54)42(18-12-14-27-55)48-44-32-41(59-40-22-19-34(4)35(5)29-40)23-24-46(44)60-51(47,49(43)48)57-28-7-2/h7,9-10,15-16,19-24,29-32,38,42,47-49,54-55H,2,6,8,11-14,17-18,25-28,33H2,1,3-5H3/t38-,42+,47-,48+,49+,51+/m0/s1. The second kappa shape index (κ2) is 19.6. The summed E-state index contributed by atoms with van der Waals surface area (Å²) in [5.74, 6) is 0.438. The van der Waals surface area contributed by atoms with Gasteiger partial charge in [0, 0.05) is 43.2 Å². The van der Waals surface area contributed by atoms with Crippen LogP contribution in [0.25, 0.3) is 10.8 Å². The van der Waals surface area contributed by atoms with Gasteiger partial charge in [-0.15, -0.1) is 6.58 Å². The molecular weight excluding hydrogens is 753 g/mol. The zero-order chi connectivity index (χ0) is 42.2. The molecule has 2 N–H and O–H groups in total. The van der Waals surface area contributed by atoms with Gasteiger partial charge in [0.2, 0.25) is 5.79 Å². The van der Waals surface area contributed by atoms with Gasteiger partial charge in [0.1, 0.15) is 29.9 Å². The van der Waals surface area contributed by atoms with Crippen LogP contribution in [0.3, 0.4) is 0 Å². The van der Waals surface area contributed by atoms with Crippen LogP contribution >= 0.6 is 0 Å². The first kappa shape index (κ1) is 43.1. The largest absolute Gasteiger partial charge is 0.459 e. The molecule has 0 saturated heterocycles. The van der Waals surface area contributed by atoms with Crippen molar-refractivity contribution < 1.29 is 34.1 Å². The Morgan fingerprint density at radius 1 is 0.917 bits per heavy atom. The first-order valence-electron chi connectivity index (χ1n) is 22.0. The number of hydrogen-bond donors (Lipinski definition) is 2. The number of aliphatic hydroxyl groups excluding tert-OH is 2. The van der Waals surface area contributed by atoms with Crippen molar-refractivity contribution in [1.29, 1.82) is 0 Å². The fourth-order valence-corrected chi connectivity index (χ4v) is 9.90. The minimum absolute atomic E-state index is 0.0994. The van der Waals surface area contributed by atoms with E-state index in [4.69, 9.17) is 24.2 Å². The number of carbonyl (C=O) groups excluding carboxylic acids is 1. The highest BCUT2D eigenvalue weighted by molar-refractivity contribution is 6.04. The van der Waals surface area contributed by atoms with E-state index in [9.17, 15) is 10.2 Å². The number of hydrogen-bond acceptors (Lipinski definition) is 8. The Morgan fingerprint density at radius 3 is 2.40 bits per heavy atom. The normalized spacial score (nSPS) is 23.6. The van der Waals surface area contributed by atoms with Crippen molar-refractivity contribution in [3.05, 3.63) is 125 Å². The lowest BCUT2D eigenvalue weighted by Gasteiger charge is -2.60. The van der Waals surface area contributed by atoms with Gasteiger partial charge >= 0.3 is 0 Å². The van der Waals surface area contributed by atoms with Crippen molar-refractivity contribution in [3.63, 3.8) is 0 Å². The fraction of sp³-hybridized carbons (Fsp3) is 0.451. The molecule has 1 amide bonds. The monoisotopic (exact) mass is 814 g/mol. The predicted octanol–water partition coefficient (Wildman–Crippen LogP) is 10.5. The molecule has 7 rings (SSSR count). The smallest absolute Gasteiger partial charge is 0.254 e. The van der Waals surface area contributed by atoms with Gasteiger partial charge in [-0.25, -0.2) is 0 Å². The zero-order valence-electron chi connectivity index (χ0n) is 35.8. The van der Waals surface area contributed by atoms with Crippen LogP contribution in [0.5, 0.6) is 17.2 Å². The number of oxime groups is 1. The Morgan fingerprint density at radius 2 is 1.67 bits per heavy atom. The van der Waals surface area contributed by atoms with E-state index in [0.717, 1.165) is 64.6 Å². The van der Waals surface area contributed by atoms with Gasteiger partial charge in [-0.05, 0) is 135 Å². The number of aliphatic hydroxyl groups is 2. The summed E-state index contributed by atoms with van der Waals surface area (Å²) in [6, 6.07) is 25.6. The molecule has 4 aromatic rings. The third-order valence-electron chi connectivity index (χ3n) is 12.8. The first-order valence-corrected chi connectivity index (χ1v) is 22.0. The van der Waals surface area contributed by atoms with Crippen molar-refractivity contribution >= 4 is 22.4 Å². The summed E-state index contributed by atoms with van der Waals surface area (Å²) in [4.78, 5) is 23.0. The third kappa shape index (κ3) is 8.76. The highest BCUT2D eigenvalue weighted by atomic mass is 16.7. The van der Waals surface area contributed by atoms with E-state index >= 15 is 4.79 Å². The SMILES string of the molecule is C=CCO[C@@]12Oc3ccc(Oc4ccc(C)c(C)c4)cc3[C@H]3[C@H](CCCCO)[C@@H](CCCCO)C=C(C(=NOCC)C[C@@H]1N(CCC)C(=O)c1ccc4ccccc4c1)[C@H]32. The number of carbonyl (C=O) groups is 1. The lowest BCUT2D eigenvalue weighted by atomic mass is 9.55. The molecule has 9 heteroatoms. The molecule has 9 nitrogen and oxygen atoms in total. The minimum atomic E-state index is -1.33. The summed E-state index contributed by atoms with van der Waals surface area (Å²) in [5.41, 5.74) is 5.77. The van der Waals surface area contributed by atoms with Crippen molar-refractivity contribution in [2.45, 2.75) is 96.8 Å². The van der Waals surface area contributed by atoms with E-state index in [0.29, 0.717) is 55.9 Å². The zero-order valence-corrected chi connectivity index (χ0v) is 35.8. The summed E-state index contributed by atoms with van der Waals surface area (Å²) in [6.45, 7) is 13.6. The van der Waals surface area contributed by atoms with Gasteiger partial charge < -0.3 is 34.2 Å². The van der Waals surface area contributed by atoms with E-state index in [-0.39, 0.29) is 43.5 Å². The van der Waals surface area contributed by atoms with Crippen LogP contribution < -0.4 is 9.47 Å². The quantitative estimate of drug-likeness (QED) is 0.0551. The van der Waals surface area contributed by atoms with Gasteiger partial charge in [-0.1, -0.05) is 73.5 Å². The summed E-state index contributed by atoms with van der Waals surface area (Å²) < 4.78 is 21.2. The van der Waals surface area contributed by atoms with Crippen molar-refractivity contribution in [2.75, 3.05) is 33.0 Å². The first-order chi connectivity index (χ1) is 29.3. The highest BCUT2D eigenvalue weighted by Crippen LogP contribution is 2.62. The van der Waals surface area contributed by atoms with Crippen LogP contribution in [0.4, 0.5) is 0 Å². The molecule has 2 aliphatic carbocycles. The molecule has 0 bridgehead atoms. The lowest BCUT2D eigenvalue weighted by Crippen LogP contribution is -2.70. The maximum Gasteiger partial charge on any atom is 0.254 e. The number of aryl methyl sites for hydroxylation is 2. The van der Waals surface area contributed by atoms with Crippen molar-refractivity contribution in [2.24, 2.45) is 22.9 Å². The van der Waals surface area contributed by atoms with Crippen LogP contribution in [-0.4, -0.2) is 71.5 Å². The van der Waals surface area contributed by atoms with Crippen molar-refractivity contribution in [3.8, 4) is 17.2 Å². The van der Waals surface area contributed by atoms with Gasteiger partial charge in [0.15, 0.2) is 0 Å². The Bertz CT molecular complexity index is 2200. The molecule has 3 aliphatic rings. The molecule has 1 heterocycles. The van der Waals surface area contributed by atoms with Gasteiger partial charge in [-0.3, -0.25) is 4.79 Å². The molecule has 60 heavy (non-hydrogen) atoms. The Hall–Kier alpha value is -4.96. The van der Waals surface area contributed by atoms with Crippen LogP contribution in [0.2, 0.25) is 0 Å². The van der Waals surface area contributed by atoms with Crippen LogP contribution in [-0.2, 0) is 9.57 Å². The molecule has 4 aromatic carbocycles. The van der Waals surface area contributed by atoms with Crippen LogP contribution in [0.1, 0.15) is 98.2 Å². The summed E-state index contributed by atoms with van der Waals surface area (Å²) in [6.07, 6.45) is 10.0. The van der Waals surface area contributed by atoms with Crippen molar-refractivity contribution in [1.82, 2.24) is 4.90 Å². The predicted molar refractivity (Wildman–Crippen MR) is 238 cm³/mol. The average Bonchev–Trinajstić information content (AvgIpc) is 3.26. The molecule has 0 spiro atoms. The van der Waals surface area contributed by atoms with Crippen LogP contribution in [0.15, 0.2) is 108 Å². The molecule has 1 aliphatic heterocycles. The molecule has 1 fully saturated rings. The molecule has 6 atom stereocenters. The molecule has 0 aromatic heterocycles. The van der Waals surface area contributed by atoms with Gasteiger partial charge in [-0.2, -0.15) is 0 Å². The minimum Gasteiger partial charge on any atom is -0.459 e. The fourth-order valence-electron chi connectivity index (χ4n) is 9.90. The number of rotatable bonds is 19. The Kier molecular flexibility index (Phi) is 14.1. The van der Waals surface area contributed by atoms with Crippen LogP contribution in [0, 0.1) is 31.6 Å². The molecular formula is C51H62N2O7. The summed E-state index contributed by atoms with van der Waals surface area (Å²) in [5, 5.41) is 26.8. The second-order valence-electron chi connectivity index (χ2n) is 16.6. The van der Waals surface area contributed by atoms with E-state index in [2.05, 4.69) is 57.7 Å². The molecule has 318 valence electrons. The number of nitrogens with zero attached hydrogens (tertiary/aromatic N) is 2. The maximum absolute atomic E-state index is 15.1. The Labute approximate surface area is 355 Å². The highest BCUT2D eigenvalue weighted by Gasteiger charge is 2.65. The number of allylic oxidation sites excluding steroid dienone is 1. The third-order valence-corrected chi connectivity index (χ3v) is 12.8. The number of benzene rings is 4. The maximum atomic E-state index is 15.1. The van der Waals surface area contributed by atoms with E-state index < -0.39 is 17.7 Å². The average molecular weight is 815 g/mol. The number of unbranched alkanes of at least 4 members (excludes halogenated alkanes) is 2. The number of ether oxygens (including phenoxy) is 3. The summed E-state index contributed by atoms with van der Waals surface area (Å²) in [7, 11) is 0. The topological polar surface area (TPSA) is 110 Å². The molecule has 1 saturated carbocycles. The lowest BCUT2D eigenvalue weighted by molar-refractivity contribution is -0.254. The molecule has 0 radical (unpaired) electrons. The van der Waals surface area contributed by atoms with E-state index in [1.807, 2.05) is 66.4 Å². The second-order valence-corrected chi connectivity index (χ2v) is 16.6. The van der Waals surface area contributed by atoms with Gasteiger partial charge in [0.05, 0.1) is 18.2 Å². The summed E-state index contributed by atoms with van der Waals surface area (Å²) >= 11 is 0. The number of fused-ring (bicyclic) bond motifs is 3. The van der Waals surface area contributed by atoms with Gasteiger partial charge in [0.25, 0.3) is 5.91 Å².